The van der Waals surface area contributed by atoms with Crippen LogP contribution in [0.2, 0.25) is 0 Å². The molecule has 122 valence electrons. The molecule has 0 fully saturated rings. The Labute approximate surface area is 151 Å². The Hall–Kier alpha value is -2.18. The van der Waals surface area contributed by atoms with E-state index in [-0.39, 0.29) is 12.4 Å². The maximum Gasteiger partial charge on any atom is 0.352 e. The first kappa shape index (κ1) is 16.7. The van der Waals surface area contributed by atoms with Crippen LogP contribution in [-0.4, -0.2) is 18.5 Å². The van der Waals surface area contributed by atoms with Gasteiger partial charge in [-0.1, -0.05) is 34.1 Å². The molecule has 2 aromatic carbocycles. The molecule has 6 heteroatoms. The normalized spacial score (nSPS) is 10.6. The van der Waals surface area contributed by atoms with Gasteiger partial charge in [-0.15, -0.1) is 11.3 Å². The fourth-order valence-electron chi connectivity index (χ4n) is 2.22. The summed E-state index contributed by atoms with van der Waals surface area (Å²) in [5.41, 5.74) is 0.398. The molecule has 3 aromatic rings. The number of benzene rings is 2. The van der Waals surface area contributed by atoms with Gasteiger partial charge in [-0.2, -0.15) is 0 Å². The largest absolute Gasteiger partial charge is 0.462 e. The molecule has 0 saturated heterocycles. The van der Waals surface area contributed by atoms with E-state index in [1.165, 1.54) is 11.3 Å². The first-order valence-electron chi connectivity index (χ1n) is 7.26. The second-order valence-corrected chi connectivity index (χ2v) is 6.84. The molecule has 0 amide bonds. The number of thiophene rings is 1. The molecule has 24 heavy (non-hydrogen) atoms. The van der Waals surface area contributed by atoms with Crippen molar-refractivity contribution in [2.24, 2.45) is 0 Å². The zero-order valence-corrected chi connectivity index (χ0v) is 15.1. The van der Waals surface area contributed by atoms with Crippen LogP contribution in [0, 0.1) is 0 Å². The Balaban J connectivity index is 2.02. The van der Waals surface area contributed by atoms with Crippen molar-refractivity contribution in [2.45, 2.75) is 6.92 Å². The molecule has 0 atom stereocenters. The number of carbonyl (C=O) groups is 2. The van der Waals surface area contributed by atoms with E-state index in [0.29, 0.717) is 15.8 Å². The highest BCUT2D eigenvalue weighted by molar-refractivity contribution is 9.10. The monoisotopic (exact) mass is 404 g/mol. The summed E-state index contributed by atoms with van der Waals surface area (Å²) < 4.78 is 12.3. The Bertz CT molecular complexity index is 916. The number of hydrogen-bond acceptors (Lipinski definition) is 5. The standard InChI is InChI=1S/C18H13BrO4S/c1-2-22-18(21)16-15(13-8-3-4-9-14(13)24-16)23-17(20)11-6-5-7-12(19)10-11/h3-10H,2H2,1H3. The van der Waals surface area contributed by atoms with Crippen LogP contribution in [0.25, 0.3) is 10.1 Å². The van der Waals surface area contributed by atoms with Crippen LogP contribution in [0.3, 0.4) is 0 Å². The van der Waals surface area contributed by atoms with Crippen LogP contribution in [0.1, 0.15) is 27.0 Å². The number of hydrogen-bond donors (Lipinski definition) is 0. The van der Waals surface area contributed by atoms with Gasteiger partial charge < -0.3 is 9.47 Å². The van der Waals surface area contributed by atoms with Gasteiger partial charge in [0.25, 0.3) is 0 Å². The lowest BCUT2D eigenvalue weighted by Gasteiger charge is -2.06. The quantitative estimate of drug-likeness (QED) is 0.570. The molecule has 0 spiro atoms. The Morgan fingerprint density at radius 1 is 1.08 bits per heavy atom. The van der Waals surface area contributed by atoms with Gasteiger partial charge in [0, 0.05) is 14.6 Å². The number of rotatable bonds is 4. The first-order valence-corrected chi connectivity index (χ1v) is 8.87. The summed E-state index contributed by atoms with van der Waals surface area (Å²) >= 11 is 4.58. The van der Waals surface area contributed by atoms with Crippen molar-refractivity contribution < 1.29 is 19.1 Å². The minimum absolute atomic E-state index is 0.249. The number of ether oxygens (including phenoxy) is 2. The predicted octanol–water partition coefficient (Wildman–Crippen LogP) is 5.06. The Kier molecular flexibility index (Phi) is 4.97. The van der Waals surface area contributed by atoms with Gasteiger partial charge in [-0.3, -0.25) is 0 Å². The van der Waals surface area contributed by atoms with E-state index < -0.39 is 11.9 Å². The first-order chi connectivity index (χ1) is 11.6. The molecular weight excluding hydrogens is 392 g/mol. The zero-order valence-electron chi connectivity index (χ0n) is 12.7. The van der Waals surface area contributed by atoms with E-state index >= 15 is 0 Å². The highest BCUT2D eigenvalue weighted by atomic mass is 79.9. The zero-order chi connectivity index (χ0) is 17.1. The summed E-state index contributed by atoms with van der Waals surface area (Å²) in [4.78, 5) is 24.9. The average Bonchev–Trinajstić information content (AvgIpc) is 2.94. The molecule has 0 radical (unpaired) electrons. The molecule has 0 saturated carbocycles. The maximum atomic E-state index is 12.5. The fourth-order valence-corrected chi connectivity index (χ4v) is 3.64. The van der Waals surface area contributed by atoms with Crippen molar-refractivity contribution in [3.8, 4) is 5.75 Å². The van der Waals surface area contributed by atoms with Crippen LogP contribution in [0.4, 0.5) is 0 Å². The summed E-state index contributed by atoms with van der Waals surface area (Å²) in [6, 6.07) is 14.3. The van der Waals surface area contributed by atoms with Crippen molar-refractivity contribution >= 4 is 49.3 Å². The third-order valence-corrected chi connectivity index (χ3v) is 4.89. The van der Waals surface area contributed by atoms with Crippen LogP contribution in [0.15, 0.2) is 53.0 Å². The van der Waals surface area contributed by atoms with Crippen LogP contribution in [-0.2, 0) is 4.74 Å². The van der Waals surface area contributed by atoms with Crippen molar-refractivity contribution in [3.05, 3.63) is 63.4 Å². The molecule has 4 nitrogen and oxygen atoms in total. The molecular formula is C18H13BrO4S. The van der Waals surface area contributed by atoms with Gasteiger partial charge in [0.2, 0.25) is 0 Å². The van der Waals surface area contributed by atoms with Crippen LogP contribution >= 0.6 is 27.3 Å². The van der Waals surface area contributed by atoms with Gasteiger partial charge >= 0.3 is 11.9 Å². The molecule has 0 aliphatic heterocycles. The van der Waals surface area contributed by atoms with Crippen molar-refractivity contribution in [1.82, 2.24) is 0 Å². The number of carbonyl (C=O) groups excluding carboxylic acids is 2. The van der Waals surface area contributed by atoms with Gasteiger partial charge in [0.1, 0.15) is 0 Å². The molecule has 3 rings (SSSR count). The van der Waals surface area contributed by atoms with Gasteiger partial charge in [-0.05, 0) is 37.3 Å². The van der Waals surface area contributed by atoms with E-state index in [9.17, 15) is 9.59 Å². The molecule has 0 aliphatic carbocycles. The van der Waals surface area contributed by atoms with Gasteiger partial charge in [0.15, 0.2) is 10.6 Å². The lowest BCUT2D eigenvalue weighted by atomic mass is 10.2. The highest BCUT2D eigenvalue weighted by Crippen LogP contribution is 2.38. The molecule has 0 N–H and O–H groups in total. The molecule has 1 aromatic heterocycles. The Morgan fingerprint density at radius 3 is 2.62 bits per heavy atom. The fraction of sp³-hybridized carbons (Fsp3) is 0.111. The third-order valence-electron chi connectivity index (χ3n) is 3.27. The second kappa shape index (κ2) is 7.15. The minimum atomic E-state index is -0.523. The second-order valence-electron chi connectivity index (χ2n) is 4.88. The highest BCUT2D eigenvalue weighted by Gasteiger charge is 2.23. The third kappa shape index (κ3) is 3.34. The van der Waals surface area contributed by atoms with E-state index in [4.69, 9.17) is 9.47 Å². The molecule has 0 bridgehead atoms. The maximum absolute atomic E-state index is 12.5. The number of halogens is 1. The molecule has 1 heterocycles. The summed E-state index contributed by atoms with van der Waals surface area (Å²) in [5.74, 6) is -0.764. The summed E-state index contributed by atoms with van der Waals surface area (Å²) in [6.07, 6.45) is 0. The number of fused-ring (bicyclic) bond motifs is 1. The van der Waals surface area contributed by atoms with Crippen molar-refractivity contribution in [2.75, 3.05) is 6.61 Å². The average molecular weight is 405 g/mol. The van der Waals surface area contributed by atoms with Crippen LogP contribution in [0.5, 0.6) is 5.75 Å². The van der Waals surface area contributed by atoms with Crippen LogP contribution < -0.4 is 4.74 Å². The Morgan fingerprint density at radius 2 is 1.88 bits per heavy atom. The lowest BCUT2D eigenvalue weighted by Crippen LogP contribution is -2.11. The minimum Gasteiger partial charge on any atom is -0.462 e. The lowest BCUT2D eigenvalue weighted by molar-refractivity contribution is 0.0527. The van der Waals surface area contributed by atoms with E-state index in [1.54, 1.807) is 25.1 Å². The number of esters is 2. The smallest absolute Gasteiger partial charge is 0.352 e. The molecule has 0 unspecified atom stereocenters. The summed E-state index contributed by atoms with van der Waals surface area (Å²) in [7, 11) is 0. The topological polar surface area (TPSA) is 52.6 Å². The summed E-state index contributed by atoms with van der Waals surface area (Å²) in [6.45, 7) is 1.99. The van der Waals surface area contributed by atoms with Crippen molar-refractivity contribution in [1.29, 1.82) is 0 Å². The molecule has 0 aliphatic rings. The van der Waals surface area contributed by atoms with E-state index in [1.807, 2.05) is 30.3 Å². The predicted molar refractivity (Wildman–Crippen MR) is 96.9 cm³/mol. The van der Waals surface area contributed by atoms with Gasteiger partial charge in [-0.25, -0.2) is 9.59 Å². The van der Waals surface area contributed by atoms with Gasteiger partial charge in [0.05, 0.1) is 12.2 Å². The summed E-state index contributed by atoms with van der Waals surface area (Å²) in [5, 5.41) is 0.717. The van der Waals surface area contributed by atoms with E-state index in [2.05, 4.69) is 15.9 Å². The SMILES string of the molecule is CCOC(=O)c1sc2ccccc2c1OC(=O)c1cccc(Br)c1. The van der Waals surface area contributed by atoms with E-state index in [0.717, 1.165) is 9.17 Å². The van der Waals surface area contributed by atoms with Crippen molar-refractivity contribution in [3.63, 3.8) is 0 Å².